The van der Waals surface area contributed by atoms with Crippen molar-refractivity contribution < 1.29 is 4.79 Å². The van der Waals surface area contributed by atoms with Gasteiger partial charge in [-0.1, -0.05) is 40.5 Å². The molecule has 0 saturated heterocycles. The highest BCUT2D eigenvalue weighted by atomic mass is 16.2. The SMILES string of the molecule is CCC(CC)(CN)C(=O)NCCCCC(C)C. The summed E-state index contributed by atoms with van der Waals surface area (Å²) in [5.41, 5.74) is 5.39. The van der Waals surface area contributed by atoms with Crippen molar-refractivity contribution in [1.82, 2.24) is 5.32 Å². The van der Waals surface area contributed by atoms with E-state index in [9.17, 15) is 4.79 Å². The Morgan fingerprint density at radius 3 is 2.24 bits per heavy atom. The molecule has 0 aromatic rings. The number of rotatable bonds is 9. The molecule has 0 radical (unpaired) electrons. The van der Waals surface area contributed by atoms with Crippen molar-refractivity contribution in [1.29, 1.82) is 0 Å². The summed E-state index contributed by atoms with van der Waals surface area (Å²) in [7, 11) is 0. The summed E-state index contributed by atoms with van der Waals surface area (Å²) in [5.74, 6) is 0.884. The van der Waals surface area contributed by atoms with Gasteiger partial charge in [0.2, 0.25) is 5.91 Å². The van der Waals surface area contributed by atoms with Gasteiger partial charge in [0.05, 0.1) is 5.41 Å². The smallest absolute Gasteiger partial charge is 0.227 e. The van der Waals surface area contributed by atoms with Gasteiger partial charge in [0, 0.05) is 13.1 Å². The quantitative estimate of drug-likeness (QED) is 0.611. The molecule has 3 nitrogen and oxygen atoms in total. The fourth-order valence-electron chi connectivity index (χ4n) is 2.02. The van der Waals surface area contributed by atoms with E-state index < -0.39 is 0 Å². The molecule has 0 heterocycles. The van der Waals surface area contributed by atoms with Crippen molar-refractivity contribution in [2.45, 2.75) is 59.8 Å². The molecule has 1 amide bonds. The van der Waals surface area contributed by atoms with Crippen molar-refractivity contribution in [2.24, 2.45) is 17.1 Å². The average Bonchev–Trinajstić information content (AvgIpc) is 2.31. The molecular weight excluding hydrogens is 212 g/mol. The molecule has 0 aliphatic carbocycles. The van der Waals surface area contributed by atoms with Crippen LogP contribution in [0.4, 0.5) is 0 Å². The molecule has 0 aromatic carbocycles. The molecule has 17 heavy (non-hydrogen) atoms. The lowest BCUT2D eigenvalue weighted by Gasteiger charge is -2.28. The van der Waals surface area contributed by atoms with Crippen LogP contribution in [0, 0.1) is 11.3 Å². The Hall–Kier alpha value is -0.570. The van der Waals surface area contributed by atoms with E-state index in [0.29, 0.717) is 6.54 Å². The third-order valence-corrected chi connectivity index (χ3v) is 3.72. The van der Waals surface area contributed by atoms with Gasteiger partial charge >= 0.3 is 0 Å². The monoisotopic (exact) mass is 242 g/mol. The number of carbonyl (C=O) groups excluding carboxylic acids is 1. The maximum Gasteiger partial charge on any atom is 0.227 e. The van der Waals surface area contributed by atoms with E-state index in [1.54, 1.807) is 0 Å². The van der Waals surface area contributed by atoms with Crippen LogP contribution in [-0.2, 0) is 4.79 Å². The number of nitrogens with one attached hydrogen (secondary N) is 1. The van der Waals surface area contributed by atoms with E-state index in [2.05, 4.69) is 19.2 Å². The Morgan fingerprint density at radius 2 is 1.82 bits per heavy atom. The van der Waals surface area contributed by atoms with Gasteiger partial charge in [0.15, 0.2) is 0 Å². The summed E-state index contributed by atoms with van der Waals surface area (Å²) in [4.78, 5) is 12.1. The Labute approximate surface area is 107 Å². The Kier molecular flexibility index (Phi) is 8.23. The third-order valence-electron chi connectivity index (χ3n) is 3.72. The zero-order valence-corrected chi connectivity index (χ0v) is 12.0. The van der Waals surface area contributed by atoms with Crippen LogP contribution < -0.4 is 11.1 Å². The summed E-state index contributed by atoms with van der Waals surface area (Å²) in [6, 6.07) is 0. The summed E-state index contributed by atoms with van der Waals surface area (Å²) in [5, 5.41) is 3.03. The summed E-state index contributed by atoms with van der Waals surface area (Å²) in [6.07, 6.45) is 5.12. The van der Waals surface area contributed by atoms with Crippen molar-refractivity contribution in [3.8, 4) is 0 Å². The van der Waals surface area contributed by atoms with Crippen LogP contribution in [0.2, 0.25) is 0 Å². The maximum atomic E-state index is 12.1. The first kappa shape index (κ1) is 16.4. The molecule has 0 atom stereocenters. The lowest BCUT2D eigenvalue weighted by molar-refractivity contribution is -0.131. The van der Waals surface area contributed by atoms with E-state index in [-0.39, 0.29) is 11.3 Å². The van der Waals surface area contributed by atoms with E-state index >= 15 is 0 Å². The van der Waals surface area contributed by atoms with Crippen LogP contribution in [0.5, 0.6) is 0 Å². The molecule has 3 N–H and O–H groups in total. The molecule has 0 spiro atoms. The van der Waals surface area contributed by atoms with Gasteiger partial charge in [-0.2, -0.15) is 0 Å². The summed E-state index contributed by atoms with van der Waals surface area (Å²) < 4.78 is 0. The van der Waals surface area contributed by atoms with Crippen LogP contribution in [0.1, 0.15) is 59.8 Å². The van der Waals surface area contributed by atoms with Gasteiger partial charge in [-0.3, -0.25) is 4.79 Å². The highest BCUT2D eigenvalue weighted by Gasteiger charge is 2.32. The van der Waals surface area contributed by atoms with Gasteiger partial charge in [-0.15, -0.1) is 0 Å². The van der Waals surface area contributed by atoms with Crippen molar-refractivity contribution >= 4 is 5.91 Å². The predicted octanol–water partition coefficient (Wildman–Crippen LogP) is 2.69. The molecule has 0 rings (SSSR count). The molecule has 0 aliphatic heterocycles. The van der Waals surface area contributed by atoms with Gasteiger partial charge in [-0.25, -0.2) is 0 Å². The Balaban J connectivity index is 3.91. The van der Waals surface area contributed by atoms with Gasteiger partial charge in [0.1, 0.15) is 0 Å². The van der Waals surface area contributed by atoms with E-state index in [1.165, 1.54) is 12.8 Å². The minimum atomic E-state index is -0.349. The molecular formula is C14H30N2O. The Bertz CT molecular complexity index is 202. The second kappa shape index (κ2) is 8.51. The summed E-state index contributed by atoms with van der Waals surface area (Å²) >= 11 is 0. The van der Waals surface area contributed by atoms with Crippen LogP contribution in [0.15, 0.2) is 0 Å². The second-order valence-electron chi connectivity index (χ2n) is 5.34. The van der Waals surface area contributed by atoms with Crippen molar-refractivity contribution in [3.63, 3.8) is 0 Å². The number of carbonyl (C=O) groups is 1. The van der Waals surface area contributed by atoms with Crippen molar-refractivity contribution in [2.75, 3.05) is 13.1 Å². The normalized spacial score (nSPS) is 11.9. The second-order valence-corrected chi connectivity index (χ2v) is 5.34. The molecule has 0 aliphatic rings. The average molecular weight is 242 g/mol. The zero-order chi connectivity index (χ0) is 13.3. The molecule has 0 aromatic heterocycles. The first-order valence-electron chi connectivity index (χ1n) is 7.00. The van der Waals surface area contributed by atoms with Crippen LogP contribution in [0.3, 0.4) is 0 Å². The van der Waals surface area contributed by atoms with E-state index in [0.717, 1.165) is 31.7 Å². The predicted molar refractivity (Wildman–Crippen MR) is 73.8 cm³/mol. The van der Waals surface area contributed by atoms with Gasteiger partial charge in [0.25, 0.3) is 0 Å². The third kappa shape index (κ3) is 5.53. The number of hydrogen-bond acceptors (Lipinski definition) is 2. The fourth-order valence-corrected chi connectivity index (χ4v) is 2.02. The minimum absolute atomic E-state index is 0.134. The largest absolute Gasteiger partial charge is 0.356 e. The van der Waals surface area contributed by atoms with E-state index in [1.807, 2.05) is 13.8 Å². The van der Waals surface area contributed by atoms with Crippen LogP contribution >= 0.6 is 0 Å². The molecule has 102 valence electrons. The van der Waals surface area contributed by atoms with Gasteiger partial charge in [-0.05, 0) is 25.2 Å². The molecule has 0 unspecified atom stereocenters. The standard InChI is InChI=1S/C14H30N2O/c1-5-14(6-2,11-15)13(17)16-10-8-7-9-12(3)4/h12H,5-11,15H2,1-4H3,(H,16,17). The number of hydrogen-bond donors (Lipinski definition) is 2. The van der Waals surface area contributed by atoms with Crippen molar-refractivity contribution in [3.05, 3.63) is 0 Å². The van der Waals surface area contributed by atoms with E-state index in [4.69, 9.17) is 5.73 Å². The van der Waals surface area contributed by atoms with Crippen LogP contribution in [-0.4, -0.2) is 19.0 Å². The first-order valence-corrected chi connectivity index (χ1v) is 7.00. The highest BCUT2D eigenvalue weighted by Crippen LogP contribution is 2.24. The molecule has 3 heteroatoms. The zero-order valence-electron chi connectivity index (χ0n) is 12.0. The molecule has 0 bridgehead atoms. The fraction of sp³-hybridized carbons (Fsp3) is 0.929. The lowest BCUT2D eigenvalue weighted by atomic mass is 9.81. The lowest BCUT2D eigenvalue weighted by Crippen LogP contribution is -2.45. The van der Waals surface area contributed by atoms with Gasteiger partial charge < -0.3 is 11.1 Å². The summed E-state index contributed by atoms with van der Waals surface area (Å²) in [6.45, 7) is 9.76. The molecule has 0 saturated carbocycles. The highest BCUT2D eigenvalue weighted by molar-refractivity contribution is 5.82. The van der Waals surface area contributed by atoms with Crippen LogP contribution in [0.25, 0.3) is 0 Å². The number of nitrogens with two attached hydrogens (primary N) is 1. The Morgan fingerprint density at radius 1 is 1.24 bits per heavy atom. The minimum Gasteiger partial charge on any atom is -0.356 e. The number of unbranched alkanes of at least 4 members (excludes halogenated alkanes) is 1. The maximum absolute atomic E-state index is 12.1. The first-order chi connectivity index (χ1) is 8.02. The number of amides is 1. The topological polar surface area (TPSA) is 55.1 Å². The molecule has 0 fully saturated rings.